The Morgan fingerprint density at radius 2 is 1.66 bits per heavy atom. The number of amides is 2. The van der Waals surface area contributed by atoms with E-state index in [-0.39, 0.29) is 21.4 Å². The predicted molar refractivity (Wildman–Crippen MR) is 115 cm³/mol. The highest BCUT2D eigenvalue weighted by molar-refractivity contribution is 7.89. The third-order valence-corrected chi connectivity index (χ3v) is 5.81. The second-order valence-electron chi connectivity index (χ2n) is 7.66. The first-order valence-electron chi connectivity index (χ1n) is 8.81. The number of anilines is 2. The van der Waals surface area contributed by atoms with Gasteiger partial charge in [0.15, 0.2) is 0 Å². The molecule has 0 fully saturated rings. The van der Waals surface area contributed by atoms with Crippen LogP contribution < -0.4 is 15.4 Å². The van der Waals surface area contributed by atoms with Crippen molar-refractivity contribution in [2.45, 2.75) is 45.1 Å². The summed E-state index contributed by atoms with van der Waals surface area (Å²) in [7, 11) is -3.79. The number of sulfonamides is 1. The van der Waals surface area contributed by atoms with E-state index in [2.05, 4.69) is 15.4 Å². The first-order chi connectivity index (χ1) is 13.3. The molecule has 2 rings (SSSR count). The lowest BCUT2D eigenvalue weighted by Crippen LogP contribution is -2.40. The first-order valence-corrected chi connectivity index (χ1v) is 10.7. The first kappa shape index (κ1) is 22.9. The smallest absolute Gasteiger partial charge is 0.256 e. The molecular formula is C20H24ClN3O4S. The molecule has 0 aliphatic heterocycles. The molecule has 0 radical (unpaired) electrons. The van der Waals surface area contributed by atoms with E-state index in [0.29, 0.717) is 16.9 Å². The fourth-order valence-corrected chi connectivity index (χ4v) is 4.23. The third-order valence-electron chi connectivity index (χ3n) is 3.74. The number of carbonyl (C=O) groups excluding carboxylic acids is 2. The number of benzene rings is 2. The van der Waals surface area contributed by atoms with Gasteiger partial charge in [-0.1, -0.05) is 17.7 Å². The Bertz CT molecular complexity index is 1060. The molecule has 2 aromatic carbocycles. The standard InChI is InChI=1S/C20H24ClN3O4S/c1-12-6-8-15(29(27,28)24-20(3,4)5)11-16(12)19(26)23-18-9-7-14(10-17(18)21)22-13(2)25/h6-11,24H,1-5H3,(H,22,25)(H,23,26). The number of aryl methyl sites for hydroxylation is 1. The minimum Gasteiger partial charge on any atom is -0.326 e. The molecule has 7 nitrogen and oxygen atoms in total. The van der Waals surface area contributed by atoms with Gasteiger partial charge in [-0.15, -0.1) is 0 Å². The summed E-state index contributed by atoms with van der Waals surface area (Å²) in [5, 5.41) is 5.51. The van der Waals surface area contributed by atoms with Crippen LogP contribution in [0.15, 0.2) is 41.3 Å². The van der Waals surface area contributed by atoms with Crippen LogP contribution in [0.4, 0.5) is 11.4 Å². The molecule has 0 saturated carbocycles. The van der Waals surface area contributed by atoms with Crippen molar-refractivity contribution in [1.82, 2.24) is 4.72 Å². The molecule has 0 aliphatic rings. The van der Waals surface area contributed by atoms with Crippen LogP contribution >= 0.6 is 11.6 Å². The summed E-state index contributed by atoms with van der Waals surface area (Å²) in [5.41, 5.74) is 1.01. The highest BCUT2D eigenvalue weighted by atomic mass is 35.5. The van der Waals surface area contributed by atoms with Crippen molar-refractivity contribution in [3.63, 3.8) is 0 Å². The van der Waals surface area contributed by atoms with Crippen molar-refractivity contribution in [2.24, 2.45) is 0 Å². The molecule has 0 bridgehead atoms. The fraction of sp³-hybridized carbons (Fsp3) is 0.300. The SMILES string of the molecule is CC(=O)Nc1ccc(NC(=O)c2cc(S(=O)(=O)NC(C)(C)C)ccc2C)c(Cl)c1. The topological polar surface area (TPSA) is 104 Å². The predicted octanol–water partition coefficient (Wildman–Crippen LogP) is 3.94. The fourth-order valence-electron chi connectivity index (χ4n) is 2.56. The van der Waals surface area contributed by atoms with E-state index in [9.17, 15) is 18.0 Å². The van der Waals surface area contributed by atoms with Crippen molar-refractivity contribution in [2.75, 3.05) is 10.6 Å². The second kappa shape index (κ2) is 8.52. The Morgan fingerprint density at radius 3 is 2.21 bits per heavy atom. The van der Waals surface area contributed by atoms with E-state index in [1.165, 1.54) is 25.1 Å². The summed E-state index contributed by atoms with van der Waals surface area (Å²) < 4.78 is 27.7. The van der Waals surface area contributed by atoms with Gasteiger partial charge < -0.3 is 10.6 Å². The van der Waals surface area contributed by atoms with E-state index < -0.39 is 21.5 Å². The van der Waals surface area contributed by atoms with Crippen LogP contribution in [0.5, 0.6) is 0 Å². The summed E-state index contributed by atoms with van der Waals surface area (Å²) in [6, 6.07) is 9.04. The minimum atomic E-state index is -3.79. The average molecular weight is 438 g/mol. The third kappa shape index (κ3) is 6.28. The molecular weight excluding hydrogens is 414 g/mol. The second-order valence-corrected chi connectivity index (χ2v) is 9.75. The van der Waals surface area contributed by atoms with Gasteiger partial charge in [-0.05, 0) is 63.6 Å². The number of hydrogen-bond donors (Lipinski definition) is 3. The van der Waals surface area contributed by atoms with E-state index >= 15 is 0 Å². The largest absolute Gasteiger partial charge is 0.326 e. The maximum absolute atomic E-state index is 12.8. The molecule has 0 unspecified atom stereocenters. The average Bonchev–Trinajstić information content (AvgIpc) is 2.54. The van der Waals surface area contributed by atoms with Crippen LogP contribution in [0.1, 0.15) is 43.6 Å². The van der Waals surface area contributed by atoms with Crippen LogP contribution in [0.3, 0.4) is 0 Å². The Morgan fingerprint density at radius 1 is 1.00 bits per heavy atom. The molecule has 156 valence electrons. The molecule has 0 atom stereocenters. The van der Waals surface area contributed by atoms with E-state index in [1.807, 2.05) is 0 Å². The molecule has 0 aliphatic carbocycles. The molecule has 2 amide bonds. The van der Waals surface area contributed by atoms with Crippen LogP contribution in [0.25, 0.3) is 0 Å². The normalized spacial score (nSPS) is 11.8. The van der Waals surface area contributed by atoms with Crippen molar-refractivity contribution in [1.29, 1.82) is 0 Å². The number of rotatable bonds is 5. The van der Waals surface area contributed by atoms with Gasteiger partial charge in [0.2, 0.25) is 15.9 Å². The van der Waals surface area contributed by atoms with Gasteiger partial charge in [0.05, 0.1) is 15.6 Å². The monoisotopic (exact) mass is 437 g/mol. The minimum absolute atomic E-state index is 0.00437. The number of hydrogen-bond acceptors (Lipinski definition) is 4. The quantitative estimate of drug-likeness (QED) is 0.658. The molecule has 0 aromatic heterocycles. The van der Waals surface area contributed by atoms with Crippen LogP contribution in [-0.4, -0.2) is 25.8 Å². The molecule has 29 heavy (non-hydrogen) atoms. The Balaban J connectivity index is 2.31. The summed E-state index contributed by atoms with van der Waals surface area (Å²) in [4.78, 5) is 23.9. The van der Waals surface area contributed by atoms with Crippen molar-refractivity contribution < 1.29 is 18.0 Å². The van der Waals surface area contributed by atoms with Crippen LogP contribution in [0, 0.1) is 6.92 Å². The summed E-state index contributed by atoms with van der Waals surface area (Å²) in [6.45, 7) is 8.29. The lowest BCUT2D eigenvalue weighted by Gasteiger charge is -2.20. The Labute approximate surface area is 175 Å². The lowest BCUT2D eigenvalue weighted by atomic mass is 10.1. The number of nitrogens with one attached hydrogen (secondary N) is 3. The van der Waals surface area contributed by atoms with Gasteiger partial charge in [0.25, 0.3) is 5.91 Å². The van der Waals surface area contributed by atoms with Crippen molar-refractivity contribution in [3.8, 4) is 0 Å². The molecule has 0 spiro atoms. The maximum atomic E-state index is 12.8. The Kier molecular flexibility index (Phi) is 6.72. The summed E-state index contributed by atoms with van der Waals surface area (Å²) >= 11 is 6.19. The van der Waals surface area contributed by atoms with Crippen LogP contribution in [0.2, 0.25) is 5.02 Å². The van der Waals surface area contributed by atoms with Crippen molar-refractivity contribution in [3.05, 3.63) is 52.5 Å². The van der Waals surface area contributed by atoms with Crippen molar-refractivity contribution >= 4 is 44.8 Å². The van der Waals surface area contributed by atoms with Crippen LogP contribution in [-0.2, 0) is 14.8 Å². The molecule has 9 heteroatoms. The molecule has 0 saturated heterocycles. The number of carbonyl (C=O) groups is 2. The van der Waals surface area contributed by atoms with Gasteiger partial charge in [-0.25, -0.2) is 13.1 Å². The highest BCUT2D eigenvalue weighted by Gasteiger charge is 2.23. The van der Waals surface area contributed by atoms with Gasteiger partial charge in [0, 0.05) is 23.7 Å². The molecule has 0 heterocycles. The van der Waals surface area contributed by atoms with Gasteiger partial charge in [0.1, 0.15) is 0 Å². The zero-order valence-corrected chi connectivity index (χ0v) is 18.5. The zero-order chi connectivity index (χ0) is 22.0. The lowest BCUT2D eigenvalue weighted by molar-refractivity contribution is -0.114. The van der Waals surface area contributed by atoms with E-state index in [4.69, 9.17) is 11.6 Å². The summed E-state index contributed by atoms with van der Waals surface area (Å²) in [6.07, 6.45) is 0. The highest BCUT2D eigenvalue weighted by Crippen LogP contribution is 2.27. The maximum Gasteiger partial charge on any atom is 0.256 e. The Hall–Kier alpha value is -2.42. The molecule has 2 aromatic rings. The van der Waals surface area contributed by atoms with Gasteiger partial charge in [-0.2, -0.15) is 0 Å². The van der Waals surface area contributed by atoms with Gasteiger partial charge >= 0.3 is 0 Å². The van der Waals surface area contributed by atoms with E-state index in [1.54, 1.807) is 45.9 Å². The van der Waals surface area contributed by atoms with E-state index in [0.717, 1.165) is 0 Å². The zero-order valence-electron chi connectivity index (χ0n) is 16.9. The molecule has 3 N–H and O–H groups in total. The number of halogens is 1. The van der Waals surface area contributed by atoms with Gasteiger partial charge in [-0.3, -0.25) is 9.59 Å². The summed E-state index contributed by atoms with van der Waals surface area (Å²) in [5.74, 6) is -0.736.